The third-order valence-corrected chi connectivity index (χ3v) is 3.06. The highest BCUT2D eigenvalue weighted by atomic mass is 35.5. The van der Waals surface area contributed by atoms with Crippen LogP contribution in [0, 0.1) is 0 Å². The topological polar surface area (TPSA) is 29.3 Å². The Bertz CT molecular complexity index is 386. The number of nitrogens with zero attached hydrogens (tertiary/aromatic N) is 1. The normalized spacial score (nSPS) is 19.8. The first-order valence-electron chi connectivity index (χ1n) is 5.16. The molecule has 2 nitrogen and oxygen atoms in total. The largest absolute Gasteiger partial charge is 0.397 e. The minimum Gasteiger partial charge on any atom is -0.397 e. The maximum atomic E-state index is 13.0. The van der Waals surface area contributed by atoms with Gasteiger partial charge in [-0.1, -0.05) is 11.6 Å². The Kier molecular flexibility index (Phi) is 2.93. The first-order chi connectivity index (χ1) is 7.48. The van der Waals surface area contributed by atoms with Crippen LogP contribution in [0.4, 0.5) is 20.2 Å². The van der Waals surface area contributed by atoms with Crippen molar-refractivity contribution >= 4 is 23.0 Å². The third-order valence-electron chi connectivity index (χ3n) is 2.83. The highest BCUT2D eigenvalue weighted by molar-refractivity contribution is 6.31. The zero-order valence-electron chi connectivity index (χ0n) is 8.72. The Labute approximate surface area is 98.0 Å². The van der Waals surface area contributed by atoms with E-state index in [9.17, 15) is 8.78 Å². The molecule has 1 saturated heterocycles. The van der Waals surface area contributed by atoms with Gasteiger partial charge in [0.15, 0.2) is 0 Å². The van der Waals surface area contributed by atoms with Crippen LogP contribution in [0.3, 0.4) is 0 Å². The first-order valence-corrected chi connectivity index (χ1v) is 5.53. The van der Waals surface area contributed by atoms with E-state index in [2.05, 4.69) is 0 Å². The van der Waals surface area contributed by atoms with E-state index in [1.54, 1.807) is 18.2 Å². The van der Waals surface area contributed by atoms with Gasteiger partial charge < -0.3 is 10.6 Å². The lowest BCUT2D eigenvalue weighted by Gasteiger charge is -2.34. The minimum atomic E-state index is -2.53. The lowest BCUT2D eigenvalue weighted by Crippen LogP contribution is -2.39. The van der Waals surface area contributed by atoms with Crippen molar-refractivity contribution in [3.63, 3.8) is 0 Å². The van der Waals surface area contributed by atoms with Gasteiger partial charge in [0, 0.05) is 31.0 Å². The summed E-state index contributed by atoms with van der Waals surface area (Å²) < 4.78 is 26.0. The molecule has 1 heterocycles. The van der Waals surface area contributed by atoms with Crippen molar-refractivity contribution in [2.75, 3.05) is 23.7 Å². The van der Waals surface area contributed by atoms with Gasteiger partial charge in [-0.3, -0.25) is 0 Å². The fourth-order valence-corrected chi connectivity index (χ4v) is 2.07. The molecule has 0 saturated carbocycles. The first kappa shape index (κ1) is 11.5. The third kappa shape index (κ3) is 2.38. The van der Waals surface area contributed by atoms with Gasteiger partial charge in [0.2, 0.25) is 0 Å². The lowest BCUT2D eigenvalue weighted by molar-refractivity contribution is -0.0220. The number of nitrogens with two attached hydrogens (primary N) is 1. The van der Waals surface area contributed by atoms with Gasteiger partial charge in [-0.25, -0.2) is 8.78 Å². The number of hydrogen-bond acceptors (Lipinski definition) is 2. The van der Waals surface area contributed by atoms with Gasteiger partial charge in [0.05, 0.1) is 11.4 Å². The summed E-state index contributed by atoms with van der Waals surface area (Å²) >= 11 is 5.78. The van der Waals surface area contributed by atoms with Crippen LogP contribution < -0.4 is 10.6 Å². The second-order valence-corrected chi connectivity index (χ2v) is 4.48. The molecule has 2 N–H and O–H groups in total. The molecule has 0 radical (unpaired) electrons. The van der Waals surface area contributed by atoms with E-state index in [1.807, 2.05) is 4.90 Å². The van der Waals surface area contributed by atoms with Crippen LogP contribution in [0.1, 0.15) is 12.8 Å². The van der Waals surface area contributed by atoms with Crippen molar-refractivity contribution < 1.29 is 8.78 Å². The van der Waals surface area contributed by atoms with Gasteiger partial charge >= 0.3 is 0 Å². The van der Waals surface area contributed by atoms with Crippen LogP contribution in [0.2, 0.25) is 5.02 Å². The zero-order valence-corrected chi connectivity index (χ0v) is 9.47. The molecule has 1 aliphatic rings. The Morgan fingerprint density at radius 2 is 1.88 bits per heavy atom. The van der Waals surface area contributed by atoms with Crippen molar-refractivity contribution in [3.05, 3.63) is 23.2 Å². The van der Waals surface area contributed by atoms with Gasteiger partial charge in [0.1, 0.15) is 0 Å². The average molecular weight is 247 g/mol. The molecule has 0 aromatic heterocycles. The molecular weight excluding hydrogens is 234 g/mol. The molecule has 0 spiro atoms. The molecule has 2 rings (SSSR count). The number of rotatable bonds is 1. The molecule has 5 heteroatoms. The van der Waals surface area contributed by atoms with Crippen molar-refractivity contribution in [1.82, 2.24) is 0 Å². The quantitative estimate of drug-likeness (QED) is 0.772. The summed E-state index contributed by atoms with van der Waals surface area (Å²) in [6.07, 6.45) is -0.232. The van der Waals surface area contributed by atoms with Gasteiger partial charge in [-0.15, -0.1) is 0 Å². The number of nitrogen functional groups attached to an aromatic ring is 1. The maximum Gasteiger partial charge on any atom is 0.251 e. The van der Waals surface area contributed by atoms with Gasteiger partial charge in [-0.05, 0) is 18.2 Å². The summed E-state index contributed by atoms with van der Waals surface area (Å²) in [5.41, 5.74) is 7.14. The smallest absolute Gasteiger partial charge is 0.251 e. The molecule has 1 fully saturated rings. The molecule has 1 aromatic rings. The zero-order chi connectivity index (χ0) is 11.8. The van der Waals surface area contributed by atoms with E-state index in [0.29, 0.717) is 23.8 Å². The van der Waals surface area contributed by atoms with Crippen LogP contribution in [0.15, 0.2) is 18.2 Å². The van der Waals surface area contributed by atoms with Crippen molar-refractivity contribution in [2.24, 2.45) is 0 Å². The Morgan fingerprint density at radius 1 is 1.25 bits per heavy atom. The predicted octanol–water partition coefficient (Wildman–Crippen LogP) is 3.16. The fraction of sp³-hybridized carbons (Fsp3) is 0.455. The van der Waals surface area contributed by atoms with Crippen LogP contribution in [0.25, 0.3) is 0 Å². The van der Waals surface area contributed by atoms with Gasteiger partial charge in [0.25, 0.3) is 5.92 Å². The highest BCUT2D eigenvalue weighted by Gasteiger charge is 2.34. The number of alkyl halides is 2. The van der Waals surface area contributed by atoms with Crippen LogP contribution in [-0.2, 0) is 0 Å². The number of anilines is 2. The molecule has 88 valence electrons. The SMILES string of the molecule is Nc1cc(Cl)ccc1N1CCC(F)(F)CC1. The predicted molar refractivity (Wildman–Crippen MR) is 62.3 cm³/mol. The molecule has 16 heavy (non-hydrogen) atoms. The van der Waals surface area contributed by atoms with E-state index in [4.69, 9.17) is 17.3 Å². The second-order valence-electron chi connectivity index (χ2n) is 4.05. The highest BCUT2D eigenvalue weighted by Crippen LogP contribution is 2.33. The number of halogens is 3. The van der Waals surface area contributed by atoms with Crippen LogP contribution in [-0.4, -0.2) is 19.0 Å². The molecule has 0 aliphatic carbocycles. The molecule has 0 bridgehead atoms. The van der Waals surface area contributed by atoms with E-state index in [0.717, 1.165) is 5.69 Å². The average Bonchev–Trinajstić information content (AvgIpc) is 2.19. The van der Waals surface area contributed by atoms with Gasteiger partial charge in [-0.2, -0.15) is 0 Å². The lowest BCUT2D eigenvalue weighted by atomic mass is 10.1. The second kappa shape index (κ2) is 4.09. The number of hydrogen-bond donors (Lipinski definition) is 1. The van der Waals surface area contributed by atoms with E-state index < -0.39 is 5.92 Å². The Morgan fingerprint density at radius 3 is 2.44 bits per heavy atom. The summed E-state index contributed by atoms with van der Waals surface area (Å²) in [4.78, 5) is 1.88. The minimum absolute atomic E-state index is 0.116. The van der Waals surface area contributed by atoms with Crippen LogP contribution in [0.5, 0.6) is 0 Å². The Hall–Kier alpha value is -1.03. The standard InChI is InChI=1S/C11H13ClF2N2/c12-8-1-2-10(9(15)7-8)16-5-3-11(13,14)4-6-16/h1-2,7H,3-6,15H2. The van der Waals surface area contributed by atoms with E-state index >= 15 is 0 Å². The molecule has 1 aliphatic heterocycles. The van der Waals surface area contributed by atoms with Crippen molar-refractivity contribution in [3.8, 4) is 0 Å². The molecular formula is C11H13ClF2N2. The summed E-state index contributed by atoms with van der Waals surface area (Å²) in [7, 11) is 0. The fourth-order valence-electron chi connectivity index (χ4n) is 1.89. The Balaban J connectivity index is 2.14. The monoisotopic (exact) mass is 246 g/mol. The van der Waals surface area contributed by atoms with Crippen molar-refractivity contribution in [1.29, 1.82) is 0 Å². The molecule has 0 amide bonds. The van der Waals surface area contributed by atoms with Crippen LogP contribution >= 0.6 is 11.6 Å². The van der Waals surface area contributed by atoms with E-state index in [-0.39, 0.29) is 12.8 Å². The molecule has 0 unspecified atom stereocenters. The summed E-state index contributed by atoms with van der Waals surface area (Å²) in [6.45, 7) is 0.664. The number of piperidine rings is 1. The maximum absolute atomic E-state index is 13.0. The summed E-state index contributed by atoms with van der Waals surface area (Å²) in [5, 5.41) is 0.559. The summed E-state index contributed by atoms with van der Waals surface area (Å²) in [6, 6.07) is 5.14. The molecule has 1 aromatic carbocycles. The van der Waals surface area contributed by atoms with Crippen molar-refractivity contribution in [2.45, 2.75) is 18.8 Å². The summed E-state index contributed by atoms with van der Waals surface area (Å²) in [5.74, 6) is -2.53. The van der Waals surface area contributed by atoms with E-state index in [1.165, 1.54) is 0 Å². The molecule has 0 atom stereocenters. The number of benzene rings is 1.